The van der Waals surface area contributed by atoms with Gasteiger partial charge in [-0.15, -0.1) is 22.0 Å². The molecule has 0 aliphatic carbocycles. The van der Waals surface area contributed by atoms with Crippen LogP contribution in [0.1, 0.15) is 65.2 Å². The molecule has 2 atom stereocenters. The Morgan fingerprint density at radius 2 is 2.22 bits per heavy atom. The molecule has 0 N–H and O–H groups in total. The standard InChI is InChI=1S/C17H30N4OS/c1-5-6-10-23-14(4)17(22)21-9-7-8-15(21)16-19-18-12-20(16)11-13(2)3/h12-15H,5-11H2,1-4H3/t14-,15-/m0/s1. The molecule has 1 aliphatic rings. The molecule has 2 heterocycles. The van der Waals surface area contributed by atoms with Crippen LogP contribution in [0.15, 0.2) is 6.33 Å². The predicted octanol–water partition coefficient (Wildman–Crippen LogP) is 3.52. The summed E-state index contributed by atoms with van der Waals surface area (Å²) in [5.41, 5.74) is 0. The second-order valence-corrected chi connectivity index (χ2v) is 8.24. The Kier molecular flexibility index (Phi) is 6.93. The number of hydrogen-bond acceptors (Lipinski definition) is 4. The lowest BCUT2D eigenvalue weighted by Crippen LogP contribution is -2.37. The van der Waals surface area contributed by atoms with Gasteiger partial charge in [-0.05, 0) is 37.9 Å². The Morgan fingerprint density at radius 1 is 1.43 bits per heavy atom. The van der Waals surface area contributed by atoms with Crippen molar-refractivity contribution in [1.82, 2.24) is 19.7 Å². The summed E-state index contributed by atoms with van der Waals surface area (Å²) in [5.74, 6) is 2.81. The van der Waals surface area contributed by atoms with Crippen LogP contribution in [0, 0.1) is 5.92 Å². The number of amides is 1. The number of thioether (sulfide) groups is 1. The van der Waals surface area contributed by atoms with E-state index in [9.17, 15) is 4.79 Å². The van der Waals surface area contributed by atoms with Crippen molar-refractivity contribution in [2.45, 2.75) is 71.2 Å². The first kappa shape index (κ1) is 18.3. The fourth-order valence-corrected chi connectivity index (χ4v) is 4.15. The third-order valence-electron chi connectivity index (χ3n) is 4.25. The lowest BCUT2D eigenvalue weighted by atomic mass is 10.1. The summed E-state index contributed by atoms with van der Waals surface area (Å²) in [6.45, 7) is 10.3. The van der Waals surface area contributed by atoms with Crippen molar-refractivity contribution in [3.63, 3.8) is 0 Å². The minimum atomic E-state index is 0.0311. The number of hydrogen-bond donors (Lipinski definition) is 0. The second kappa shape index (κ2) is 8.71. The average molecular weight is 339 g/mol. The molecule has 0 unspecified atom stereocenters. The van der Waals surface area contributed by atoms with Gasteiger partial charge < -0.3 is 9.47 Å². The topological polar surface area (TPSA) is 51.0 Å². The summed E-state index contributed by atoms with van der Waals surface area (Å²) in [7, 11) is 0. The zero-order valence-corrected chi connectivity index (χ0v) is 15.7. The van der Waals surface area contributed by atoms with Crippen molar-refractivity contribution in [2.75, 3.05) is 12.3 Å². The highest BCUT2D eigenvalue weighted by Gasteiger charge is 2.35. The summed E-state index contributed by atoms with van der Waals surface area (Å²) in [5, 5.41) is 8.45. The van der Waals surface area contributed by atoms with Crippen LogP contribution in [-0.4, -0.2) is 43.1 Å². The quantitative estimate of drug-likeness (QED) is 0.681. The van der Waals surface area contributed by atoms with Crippen LogP contribution in [0.3, 0.4) is 0 Å². The molecule has 130 valence electrons. The third-order valence-corrected chi connectivity index (χ3v) is 5.48. The highest BCUT2D eigenvalue weighted by molar-refractivity contribution is 8.00. The van der Waals surface area contributed by atoms with Crippen molar-refractivity contribution in [3.05, 3.63) is 12.2 Å². The first-order valence-electron chi connectivity index (χ1n) is 8.84. The van der Waals surface area contributed by atoms with Crippen molar-refractivity contribution in [1.29, 1.82) is 0 Å². The molecule has 23 heavy (non-hydrogen) atoms. The molecule has 0 radical (unpaired) electrons. The minimum absolute atomic E-state index is 0.0311. The third kappa shape index (κ3) is 4.72. The zero-order valence-electron chi connectivity index (χ0n) is 14.9. The molecule has 0 bridgehead atoms. The fourth-order valence-electron chi connectivity index (χ4n) is 3.06. The predicted molar refractivity (Wildman–Crippen MR) is 95.4 cm³/mol. The van der Waals surface area contributed by atoms with E-state index in [1.54, 1.807) is 18.1 Å². The van der Waals surface area contributed by atoms with E-state index < -0.39 is 0 Å². The van der Waals surface area contributed by atoms with E-state index in [-0.39, 0.29) is 17.2 Å². The van der Waals surface area contributed by atoms with Gasteiger partial charge in [0.2, 0.25) is 5.91 Å². The van der Waals surface area contributed by atoms with Crippen LogP contribution < -0.4 is 0 Å². The van der Waals surface area contributed by atoms with Gasteiger partial charge in [-0.25, -0.2) is 0 Å². The molecule has 0 saturated carbocycles. The summed E-state index contributed by atoms with van der Waals surface area (Å²) < 4.78 is 2.12. The molecule has 5 nitrogen and oxygen atoms in total. The Labute approximate surface area is 144 Å². The van der Waals surface area contributed by atoms with Crippen LogP contribution in [0.2, 0.25) is 0 Å². The second-order valence-electron chi connectivity index (χ2n) is 6.79. The Morgan fingerprint density at radius 3 is 2.91 bits per heavy atom. The minimum Gasteiger partial charge on any atom is -0.331 e. The van der Waals surface area contributed by atoms with E-state index >= 15 is 0 Å². The number of carbonyl (C=O) groups is 1. The zero-order chi connectivity index (χ0) is 16.8. The SMILES string of the molecule is CCCCS[C@@H](C)C(=O)N1CCC[C@H]1c1nncn1CC(C)C. The summed E-state index contributed by atoms with van der Waals surface area (Å²) >= 11 is 1.78. The molecular weight excluding hydrogens is 308 g/mol. The number of likely N-dealkylation sites (tertiary alicyclic amines) is 1. The van der Waals surface area contributed by atoms with Gasteiger partial charge in [0.15, 0.2) is 5.82 Å². The van der Waals surface area contributed by atoms with Crippen molar-refractivity contribution >= 4 is 17.7 Å². The summed E-state index contributed by atoms with van der Waals surface area (Å²) in [4.78, 5) is 14.9. The molecule has 2 rings (SSSR count). The molecule has 6 heteroatoms. The number of carbonyl (C=O) groups excluding carboxylic acids is 1. The van der Waals surface area contributed by atoms with E-state index in [4.69, 9.17) is 0 Å². The van der Waals surface area contributed by atoms with E-state index in [0.717, 1.165) is 37.5 Å². The van der Waals surface area contributed by atoms with E-state index in [0.29, 0.717) is 5.92 Å². The Hall–Kier alpha value is -1.04. The monoisotopic (exact) mass is 338 g/mol. The van der Waals surface area contributed by atoms with Gasteiger partial charge in [0.05, 0.1) is 11.3 Å². The number of aromatic nitrogens is 3. The molecule has 1 amide bonds. The van der Waals surface area contributed by atoms with E-state index in [2.05, 4.69) is 35.5 Å². The first-order valence-corrected chi connectivity index (χ1v) is 9.89. The molecule has 1 aromatic rings. The largest absolute Gasteiger partial charge is 0.331 e. The van der Waals surface area contributed by atoms with Gasteiger partial charge in [0, 0.05) is 13.1 Å². The normalized spacial score (nSPS) is 19.5. The fraction of sp³-hybridized carbons (Fsp3) is 0.824. The van der Waals surface area contributed by atoms with Crippen LogP contribution in [0.4, 0.5) is 0 Å². The Balaban J connectivity index is 2.05. The highest BCUT2D eigenvalue weighted by atomic mass is 32.2. The number of rotatable bonds is 8. The molecular formula is C17H30N4OS. The number of unbranched alkanes of at least 4 members (excludes halogenated alkanes) is 1. The van der Waals surface area contributed by atoms with E-state index in [1.807, 2.05) is 11.8 Å². The van der Waals surface area contributed by atoms with Gasteiger partial charge in [-0.2, -0.15) is 0 Å². The lowest BCUT2D eigenvalue weighted by molar-refractivity contribution is -0.131. The van der Waals surface area contributed by atoms with Crippen molar-refractivity contribution in [3.8, 4) is 0 Å². The summed E-state index contributed by atoms with van der Waals surface area (Å²) in [6.07, 6.45) is 6.20. The van der Waals surface area contributed by atoms with Crippen molar-refractivity contribution in [2.24, 2.45) is 5.92 Å². The van der Waals surface area contributed by atoms with Gasteiger partial charge in [-0.3, -0.25) is 4.79 Å². The lowest BCUT2D eigenvalue weighted by Gasteiger charge is -2.27. The van der Waals surface area contributed by atoms with Gasteiger partial charge in [0.1, 0.15) is 6.33 Å². The summed E-state index contributed by atoms with van der Waals surface area (Å²) in [6, 6.07) is 0.0953. The van der Waals surface area contributed by atoms with Crippen LogP contribution in [-0.2, 0) is 11.3 Å². The maximum atomic E-state index is 12.8. The molecule has 1 aliphatic heterocycles. The van der Waals surface area contributed by atoms with Gasteiger partial charge in [-0.1, -0.05) is 27.2 Å². The van der Waals surface area contributed by atoms with Gasteiger partial charge >= 0.3 is 0 Å². The maximum Gasteiger partial charge on any atom is 0.236 e. The van der Waals surface area contributed by atoms with E-state index in [1.165, 1.54) is 12.8 Å². The Bertz CT molecular complexity index is 503. The van der Waals surface area contributed by atoms with Crippen LogP contribution in [0.25, 0.3) is 0 Å². The molecule has 1 aromatic heterocycles. The van der Waals surface area contributed by atoms with Crippen molar-refractivity contribution < 1.29 is 4.79 Å². The molecule has 1 saturated heterocycles. The molecule has 0 spiro atoms. The molecule has 0 aromatic carbocycles. The highest BCUT2D eigenvalue weighted by Crippen LogP contribution is 2.33. The van der Waals surface area contributed by atoms with Crippen LogP contribution in [0.5, 0.6) is 0 Å². The number of nitrogens with zero attached hydrogens (tertiary/aromatic N) is 4. The average Bonchev–Trinajstić information content (AvgIpc) is 3.14. The molecule has 1 fully saturated rings. The van der Waals surface area contributed by atoms with Gasteiger partial charge in [0.25, 0.3) is 0 Å². The van der Waals surface area contributed by atoms with Crippen LogP contribution >= 0.6 is 11.8 Å². The first-order chi connectivity index (χ1) is 11.0. The smallest absolute Gasteiger partial charge is 0.236 e. The maximum absolute atomic E-state index is 12.8.